The number of nitrogens with one attached hydrogen (secondary N) is 6. The fraction of sp³-hybridized carbons (Fsp3) is 0.458. The number of nitrogens with two attached hydrogens (primary N) is 1. The highest BCUT2D eigenvalue weighted by atomic mass is 35.5. The number of anilines is 1. The van der Waals surface area contributed by atoms with Crippen molar-refractivity contribution < 1.29 is 112 Å². The van der Waals surface area contributed by atoms with E-state index in [0.717, 1.165) is 62.4 Å². The van der Waals surface area contributed by atoms with Crippen molar-refractivity contribution in [3.63, 3.8) is 0 Å². The molecular formula is C83H93Cl2N7O23. The predicted molar refractivity (Wildman–Crippen MR) is 413 cm³/mol. The number of carbonyl (C=O) groups is 9. The van der Waals surface area contributed by atoms with Crippen molar-refractivity contribution in [3.05, 3.63) is 141 Å². The number of aromatic hydroxyl groups is 3. The molecule has 0 radical (unpaired) electrons. The zero-order valence-corrected chi connectivity index (χ0v) is 64.8. The summed E-state index contributed by atoms with van der Waals surface area (Å²) in [4.78, 5) is 138. The van der Waals surface area contributed by atoms with Crippen molar-refractivity contribution in [1.82, 2.24) is 26.6 Å². The molecule has 4 aliphatic carbocycles. The first-order valence-electron chi connectivity index (χ1n) is 38.5. The van der Waals surface area contributed by atoms with E-state index in [1.807, 2.05) is 13.8 Å². The monoisotopic (exact) mass is 1630 g/mol. The summed E-state index contributed by atoms with van der Waals surface area (Å²) in [5.41, 5.74) is 4.62. The van der Waals surface area contributed by atoms with Crippen LogP contribution in [0.5, 0.6) is 51.7 Å². The van der Waals surface area contributed by atoms with Gasteiger partial charge in [0.05, 0.1) is 28.5 Å². The van der Waals surface area contributed by atoms with Crippen molar-refractivity contribution >= 4 is 81.8 Å². The van der Waals surface area contributed by atoms with Crippen LogP contribution in [0.15, 0.2) is 103 Å². The van der Waals surface area contributed by atoms with Gasteiger partial charge in [-0.15, -0.1) is 0 Å². The third-order valence-electron chi connectivity index (χ3n) is 23.1. The van der Waals surface area contributed by atoms with Gasteiger partial charge >= 0.3 is 6.03 Å². The van der Waals surface area contributed by atoms with Crippen LogP contribution in [0.3, 0.4) is 0 Å². The summed E-state index contributed by atoms with van der Waals surface area (Å²) in [5.74, 6) is -15.5. The van der Waals surface area contributed by atoms with Crippen LogP contribution >= 0.6 is 23.2 Å². The van der Waals surface area contributed by atoms with Crippen LogP contribution in [0, 0.1) is 47.3 Å². The van der Waals surface area contributed by atoms with Gasteiger partial charge in [-0.05, 0) is 187 Å². The fourth-order valence-corrected chi connectivity index (χ4v) is 17.9. The quantitative estimate of drug-likeness (QED) is 0.0361. The average molecular weight is 1630 g/mol. The number of carbonyl (C=O) groups excluding carboxylic acids is 9. The van der Waals surface area contributed by atoms with E-state index in [1.54, 1.807) is 6.92 Å². The zero-order valence-electron chi connectivity index (χ0n) is 63.3. The van der Waals surface area contributed by atoms with E-state index in [0.29, 0.717) is 24.0 Å². The Kier molecular flexibility index (Phi) is 25.4. The molecule has 0 aromatic heterocycles. The summed E-state index contributed by atoms with van der Waals surface area (Å²) in [7, 11) is 1.50. The van der Waals surface area contributed by atoms with E-state index in [2.05, 4.69) is 31.9 Å². The van der Waals surface area contributed by atoms with Crippen molar-refractivity contribution in [2.24, 2.45) is 53.1 Å². The Labute approximate surface area is 671 Å². The first-order valence-corrected chi connectivity index (χ1v) is 39.3. The number of rotatable bonds is 18. The van der Waals surface area contributed by atoms with Crippen LogP contribution < -0.4 is 56.6 Å². The van der Waals surface area contributed by atoms with Gasteiger partial charge in [0.1, 0.15) is 102 Å². The number of imide groups is 1. The first kappa shape index (κ1) is 83.0. The van der Waals surface area contributed by atoms with E-state index in [9.17, 15) is 55.2 Å². The molecular weight excluding hydrogens is 1530 g/mol. The largest absolute Gasteiger partial charge is 0.508 e. The molecule has 115 heavy (non-hydrogen) atoms. The van der Waals surface area contributed by atoms with Crippen LogP contribution in [-0.2, 0) is 47.8 Å². The Bertz CT molecular complexity index is 4710. The van der Waals surface area contributed by atoms with Crippen LogP contribution in [-0.4, -0.2) is 163 Å². The molecule has 16 N–H and O–H groups in total. The highest BCUT2D eigenvalue weighted by Crippen LogP contribution is 2.58. The minimum atomic E-state index is -2.21. The van der Waals surface area contributed by atoms with Crippen molar-refractivity contribution in [2.75, 3.05) is 32.2 Å². The number of phenols is 3. The summed E-state index contributed by atoms with van der Waals surface area (Å²) in [6.07, 6.45) is -11.3. The minimum absolute atomic E-state index is 0.0383. The SMILES string of the molecule is CC[C@H](CC(C)C)C(=O)N[C@H]1C(=O)C[C@@H](CC(=O)NC(=O)Nc2ccc(OCCOC)cc2)C(=O)N[C@H]2C(=O)C[C@H]3C(=O)N[C@H](C(=O)N[C@H](C(=O)CC4C5CC6CC(C5)CC4C6)c4cc(O)cc(O)c4-c4cc3ccc4O)[C@H](O)c3ccc(c(Cl)c3)Oc3cc2cc(c3O[C@@H]2O[C@H](CN)[C@@H](O)[C@H](O)[C@H]2O)Oc2ccc(cc2Cl)[C@H]1O. The highest BCUT2D eigenvalue weighted by Gasteiger charge is 2.51. The Morgan fingerprint density at radius 1 is 0.652 bits per heavy atom. The van der Waals surface area contributed by atoms with E-state index < -0.39 is 198 Å². The topological polar surface area (TPSA) is 469 Å². The molecule has 4 saturated carbocycles. The standard InChI is InChI=1S/C83H93Cl2N7O23/c1-5-39(18-36(2)3)78(105)91-70-58(96)27-46(30-66(99)88-83(109)87-47-9-11-49(12-10-47)111-17-16-110-4)79(106)89-68-45-28-63(112-61-14-7-41(72(70)100)25-54(61)84)77(115-82-76(104)75(103)74(102)65(35-86)114-82)64(29-45)113-62-15-8-42(26-55(62)85)73(101)71-81(108)90-69(60(98)33-50-43-20-37-19-38(22-43)23-44(50)21-37)53-31-48(93)32-57(95)67(53)52-24-40(6-13-56(52)94)51(34-59(68)97)80(107)92-71/h6-15,24-26,28-29,31-32,36-39,43-44,46,50-51,65,68-76,82,93-95,100-104H,5,16-23,27,30,33-35,86H2,1-4H3,(H,89,106)(H,90,108)(H,91,105)(H,92,107)(H2,87,88,99,109)/t37?,38?,39-,43?,44?,46+,50?,51-,65-,68-,69+,70+,71+,72-,73-,74-,75+,76-,82+/m1/s1. The number of hydrogen-bond donors (Lipinski definition) is 15. The summed E-state index contributed by atoms with van der Waals surface area (Å²) >= 11 is 14.3. The molecule has 0 unspecified atom stereocenters. The van der Waals surface area contributed by atoms with Gasteiger partial charge in [0.15, 0.2) is 28.8 Å². The molecule has 10 aliphatic rings. The van der Waals surface area contributed by atoms with Gasteiger partial charge in [-0.1, -0.05) is 62.2 Å². The summed E-state index contributed by atoms with van der Waals surface area (Å²) in [6.45, 7) is 5.55. The summed E-state index contributed by atoms with van der Waals surface area (Å²) < 4.78 is 36.4. The van der Waals surface area contributed by atoms with Gasteiger partial charge < -0.3 is 102 Å². The number of benzene rings is 6. The number of aliphatic hydroxyl groups excluding tert-OH is 5. The van der Waals surface area contributed by atoms with Crippen molar-refractivity contribution in [2.45, 2.75) is 164 Å². The summed E-state index contributed by atoms with van der Waals surface area (Å²) in [5, 5.41) is 110. The molecule has 0 spiro atoms. The number of aliphatic hydroxyl groups is 5. The third-order valence-corrected chi connectivity index (χ3v) is 23.7. The van der Waals surface area contributed by atoms with E-state index in [-0.39, 0.29) is 116 Å². The van der Waals surface area contributed by atoms with E-state index in [1.165, 1.54) is 79.9 Å². The second kappa shape index (κ2) is 35.2. The molecule has 5 fully saturated rings. The van der Waals surface area contributed by atoms with Gasteiger partial charge in [-0.3, -0.25) is 43.7 Å². The number of ketones is 3. The average Bonchev–Trinajstić information content (AvgIpc) is 0.760. The lowest BCUT2D eigenvalue weighted by atomic mass is 9.51. The Morgan fingerprint density at radius 3 is 1.91 bits per heavy atom. The maximum absolute atomic E-state index is 16.5. The van der Waals surface area contributed by atoms with Gasteiger partial charge in [-0.25, -0.2) is 4.79 Å². The number of halogens is 2. The maximum Gasteiger partial charge on any atom is 0.325 e. The lowest BCUT2D eigenvalue weighted by Gasteiger charge is -2.54. The number of phenolic OH excluding ortho intramolecular Hbond substituents is 3. The maximum atomic E-state index is 16.5. The molecule has 7 amide bonds. The van der Waals surface area contributed by atoms with Gasteiger partial charge in [0.25, 0.3) is 0 Å². The van der Waals surface area contributed by atoms with Crippen molar-refractivity contribution in [1.29, 1.82) is 0 Å². The fourth-order valence-electron chi connectivity index (χ4n) is 17.5. The smallest absolute Gasteiger partial charge is 0.325 e. The second-order valence-electron chi connectivity index (χ2n) is 31.4. The molecule has 30 nitrogen and oxygen atoms in total. The molecule has 1 saturated heterocycles. The number of ether oxygens (including phenoxy) is 6. The zero-order chi connectivity index (χ0) is 82.1. The second-order valence-corrected chi connectivity index (χ2v) is 32.2. The van der Waals surface area contributed by atoms with Crippen LogP contribution in [0.4, 0.5) is 10.5 Å². The first-order chi connectivity index (χ1) is 54.9. The molecule has 6 aromatic rings. The molecule has 32 heteroatoms. The molecule has 16 rings (SSSR count). The number of amides is 7. The molecule has 15 bridgehead atoms. The van der Waals surface area contributed by atoms with Crippen LogP contribution in [0.1, 0.15) is 149 Å². The predicted octanol–water partition coefficient (Wildman–Crippen LogP) is 8.08. The molecule has 6 aromatic carbocycles. The van der Waals surface area contributed by atoms with Crippen LogP contribution in [0.2, 0.25) is 10.0 Å². The van der Waals surface area contributed by atoms with Gasteiger partial charge in [-0.2, -0.15) is 0 Å². The molecule has 612 valence electrons. The van der Waals surface area contributed by atoms with Crippen molar-refractivity contribution in [3.8, 4) is 62.9 Å². The molecule has 14 atom stereocenters. The Balaban J connectivity index is 0.986. The Morgan fingerprint density at radius 2 is 1.30 bits per heavy atom. The number of methoxy groups -OCH3 is 1. The van der Waals surface area contributed by atoms with Gasteiger partial charge in [0.2, 0.25) is 41.6 Å². The number of fused-ring (bicyclic) bond motifs is 15. The number of urea groups is 1. The van der Waals surface area contributed by atoms with Gasteiger partial charge in [0, 0.05) is 68.1 Å². The lowest BCUT2D eigenvalue weighted by molar-refractivity contribution is -0.270. The minimum Gasteiger partial charge on any atom is -0.508 e. The highest BCUT2D eigenvalue weighted by molar-refractivity contribution is 6.32. The molecule has 6 heterocycles. The number of Topliss-reactive ketones (excluding diaryl/α,β-unsaturated/α-hetero) is 3. The van der Waals surface area contributed by atoms with E-state index in [4.69, 9.17) is 57.4 Å². The molecule has 6 aliphatic heterocycles. The lowest BCUT2D eigenvalue weighted by Crippen LogP contribution is -2.60. The summed E-state index contributed by atoms with van der Waals surface area (Å²) in [6, 6.07) is 12.1. The third kappa shape index (κ3) is 18.2. The normalized spacial score (nSPS) is 28.0. The Hall–Kier alpha value is -9.99. The number of hydrogen-bond acceptors (Lipinski definition) is 24. The van der Waals surface area contributed by atoms with E-state index >= 15 is 28.8 Å². The van der Waals surface area contributed by atoms with Crippen LogP contribution in [0.25, 0.3) is 11.1 Å².